The van der Waals surface area contributed by atoms with Gasteiger partial charge in [-0.25, -0.2) is 0 Å². The van der Waals surface area contributed by atoms with E-state index in [0.29, 0.717) is 12.0 Å². The molecular weight excluding hydrogens is 326 g/mol. The van der Waals surface area contributed by atoms with E-state index in [1.807, 2.05) is 18.2 Å². The maximum atomic E-state index is 5.56. The van der Waals surface area contributed by atoms with Gasteiger partial charge in [-0.3, -0.25) is 0 Å². The second-order valence-corrected chi connectivity index (χ2v) is 6.87. The fraction of sp³-hybridized carbons (Fsp3) is 0.364. The monoisotopic (exact) mass is 351 g/mol. The van der Waals surface area contributed by atoms with E-state index >= 15 is 0 Å². The van der Waals surface area contributed by atoms with Crippen LogP contribution in [-0.2, 0) is 11.3 Å². The van der Waals surface area contributed by atoms with Crippen LogP contribution in [0.25, 0.3) is 11.0 Å². The van der Waals surface area contributed by atoms with Crippen LogP contribution in [0.2, 0.25) is 0 Å². The Kier molecular flexibility index (Phi) is 5.23. The lowest BCUT2D eigenvalue weighted by Crippen LogP contribution is -2.32. The molecule has 1 aromatic heterocycles. The molecule has 1 aliphatic heterocycles. The van der Waals surface area contributed by atoms with Crippen LogP contribution in [0.5, 0.6) is 5.75 Å². The molecule has 136 valence electrons. The van der Waals surface area contributed by atoms with Gasteiger partial charge in [0.1, 0.15) is 11.3 Å². The summed E-state index contributed by atoms with van der Waals surface area (Å²) in [5.41, 5.74) is 3.48. The van der Waals surface area contributed by atoms with Gasteiger partial charge in [0.15, 0.2) is 0 Å². The van der Waals surface area contributed by atoms with E-state index in [1.165, 1.54) is 11.1 Å². The first kappa shape index (κ1) is 17.1. The van der Waals surface area contributed by atoms with Crippen molar-refractivity contribution in [2.24, 2.45) is 5.92 Å². The van der Waals surface area contributed by atoms with E-state index in [4.69, 9.17) is 13.9 Å². The summed E-state index contributed by atoms with van der Waals surface area (Å²) in [4.78, 5) is 0. The summed E-state index contributed by atoms with van der Waals surface area (Å²) in [6.07, 6.45) is 3.91. The van der Waals surface area contributed by atoms with E-state index in [1.54, 1.807) is 13.4 Å². The van der Waals surface area contributed by atoms with Crippen molar-refractivity contribution in [3.05, 3.63) is 65.9 Å². The Hall–Kier alpha value is -2.30. The average Bonchev–Trinajstić information content (AvgIpc) is 3.17. The Morgan fingerprint density at radius 1 is 1.08 bits per heavy atom. The molecular formula is C22H25NO3. The first-order valence-corrected chi connectivity index (χ1v) is 9.25. The number of methoxy groups -OCH3 is 1. The van der Waals surface area contributed by atoms with Crippen molar-refractivity contribution in [1.82, 2.24) is 5.32 Å². The number of benzene rings is 2. The zero-order valence-corrected chi connectivity index (χ0v) is 15.1. The molecule has 1 atom stereocenters. The van der Waals surface area contributed by atoms with Gasteiger partial charge in [0, 0.05) is 31.2 Å². The fourth-order valence-electron chi connectivity index (χ4n) is 3.75. The number of fused-ring (bicyclic) bond motifs is 1. The number of nitrogens with one attached hydrogen (secondary N) is 1. The summed E-state index contributed by atoms with van der Waals surface area (Å²) in [7, 11) is 1.70. The van der Waals surface area contributed by atoms with Crippen LogP contribution in [-0.4, -0.2) is 20.3 Å². The highest BCUT2D eigenvalue weighted by Crippen LogP contribution is 2.31. The zero-order valence-electron chi connectivity index (χ0n) is 15.1. The smallest absolute Gasteiger partial charge is 0.134 e. The molecule has 4 rings (SSSR count). The minimum atomic E-state index is 0.303. The third-order valence-electron chi connectivity index (χ3n) is 5.26. The van der Waals surface area contributed by atoms with Crippen molar-refractivity contribution < 1.29 is 13.9 Å². The normalized spacial score (nSPS) is 16.7. The Balaban J connectivity index is 1.53. The molecule has 0 bridgehead atoms. The van der Waals surface area contributed by atoms with E-state index in [9.17, 15) is 0 Å². The van der Waals surface area contributed by atoms with Crippen molar-refractivity contribution >= 4 is 11.0 Å². The molecule has 0 spiro atoms. The third-order valence-corrected chi connectivity index (χ3v) is 5.26. The number of hydrogen-bond donors (Lipinski definition) is 1. The molecule has 26 heavy (non-hydrogen) atoms. The summed E-state index contributed by atoms with van der Waals surface area (Å²) in [6, 6.07) is 17.1. The molecule has 1 unspecified atom stereocenters. The molecule has 0 aliphatic carbocycles. The molecule has 1 N–H and O–H groups in total. The van der Waals surface area contributed by atoms with Crippen LogP contribution in [0.15, 0.2) is 59.2 Å². The van der Waals surface area contributed by atoms with Gasteiger partial charge in [-0.1, -0.05) is 24.3 Å². The number of ether oxygens (including phenoxy) is 2. The van der Waals surface area contributed by atoms with Gasteiger partial charge in [-0.15, -0.1) is 0 Å². The first-order chi connectivity index (χ1) is 12.8. The summed E-state index contributed by atoms with van der Waals surface area (Å²) >= 11 is 0. The number of rotatable bonds is 6. The molecule has 1 aliphatic rings. The van der Waals surface area contributed by atoms with Crippen LogP contribution in [0.1, 0.15) is 30.0 Å². The maximum Gasteiger partial charge on any atom is 0.134 e. The summed E-state index contributed by atoms with van der Waals surface area (Å²) in [5.74, 6) is 1.47. The van der Waals surface area contributed by atoms with Crippen molar-refractivity contribution in [2.75, 3.05) is 20.3 Å². The van der Waals surface area contributed by atoms with Gasteiger partial charge in [0.25, 0.3) is 0 Å². The predicted octanol–water partition coefficient (Wildman–Crippen LogP) is 4.70. The van der Waals surface area contributed by atoms with Gasteiger partial charge in [-0.2, -0.15) is 0 Å². The summed E-state index contributed by atoms with van der Waals surface area (Å²) < 4.78 is 16.4. The number of hydrogen-bond acceptors (Lipinski definition) is 4. The van der Waals surface area contributed by atoms with Crippen molar-refractivity contribution in [3.63, 3.8) is 0 Å². The van der Waals surface area contributed by atoms with Crippen LogP contribution >= 0.6 is 0 Å². The summed E-state index contributed by atoms with van der Waals surface area (Å²) in [5, 5.41) is 4.92. The Morgan fingerprint density at radius 2 is 1.88 bits per heavy atom. The molecule has 3 aromatic rings. The van der Waals surface area contributed by atoms with Gasteiger partial charge < -0.3 is 19.2 Å². The highest BCUT2D eigenvalue weighted by atomic mass is 16.5. The van der Waals surface area contributed by atoms with Crippen molar-refractivity contribution in [2.45, 2.75) is 25.4 Å². The lowest BCUT2D eigenvalue weighted by molar-refractivity contribution is 0.0533. The molecule has 4 heteroatoms. The van der Waals surface area contributed by atoms with Crippen LogP contribution in [0, 0.1) is 5.92 Å². The molecule has 1 fully saturated rings. The quantitative estimate of drug-likeness (QED) is 0.699. The minimum Gasteiger partial charge on any atom is -0.497 e. The summed E-state index contributed by atoms with van der Waals surface area (Å²) in [6.45, 7) is 2.50. The van der Waals surface area contributed by atoms with Crippen molar-refractivity contribution in [3.8, 4) is 5.75 Å². The van der Waals surface area contributed by atoms with Gasteiger partial charge in [0.2, 0.25) is 0 Å². The maximum absolute atomic E-state index is 5.56. The molecule has 2 heterocycles. The van der Waals surface area contributed by atoms with Crippen LogP contribution in [0.3, 0.4) is 0 Å². The molecule has 2 aromatic carbocycles. The first-order valence-electron chi connectivity index (χ1n) is 9.25. The lowest BCUT2D eigenvalue weighted by Gasteiger charge is -2.31. The molecule has 4 nitrogen and oxygen atoms in total. The largest absolute Gasteiger partial charge is 0.497 e. The van der Waals surface area contributed by atoms with E-state index in [0.717, 1.165) is 49.3 Å². The topological polar surface area (TPSA) is 43.6 Å². The highest BCUT2D eigenvalue weighted by molar-refractivity contribution is 5.77. The predicted molar refractivity (Wildman–Crippen MR) is 102 cm³/mol. The Labute approximate surface area is 154 Å². The average molecular weight is 351 g/mol. The molecule has 1 saturated heterocycles. The Bertz CT molecular complexity index is 834. The third kappa shape index (κ3) is 3.76. The van der Waals surface area contributed by atoms with Crippen molar-refractivity contribution in [1.29, 1.82) is 0 Å². The standard InChI is InChI=1S/C22H25NO3/c1-24-20-6-4-18(5-7-20)22(19-8-11-25-12-9-19)23-15-16-2-3-17-10-13-26-21(17)14-16/h2-7,10,13-14,19,22-23H,8-9,11-12,15H2,1H3. The molecule has 0 saturated carbocycles. The molecule has 0 radical (unpaired) electrons. The highest BCUT2D eigenvalue weighted by Gasteiger charge is 2.25. The lowest BCUT2D eigenvalue weighted by atomic mass is 9.87. The van der Waals surface area contributed by atoms with Gasteiger partial charge in [-0.05, 0) is 54.2 Å². The van der Waals surface area contributed by atoms with Crippen LogP contribution < -0.4 is 10.1 Å². The zero-order chi connectivity index (χ0) is 17.8. The van der Waals surface area contributed by atoms with E-state index < -0.39 is 0 Å². The van der Waals surface area contributed by atoms with Gasteiger partial charge >= 0.3 is 0 Å². The van der Waals surface area contributed by atoms with Gasteiger partial charge in [0.05, 0.1) is 13.4 Å². The molecule has 0 amide bonds. The second kappa shape index (κ2) is 7.94. The van der Waals surface area contributed by atoms with Crippen LogP contribution in [0.4, 0.5) is 0 Å². The van der Waals surface area contributed by atoms with E-state index in [2.05, 4.69) is 35.6 Å². The second-order valence-electron chi connectivity index (χ2n) is 6.87. The SMILES string of the molecule is COc1ccc(C(NCc2ccc3ccoc3c2)C2CCOCC2)cc1. The minimum absolute atomic E-state index is 0.303. The Morgan fingerprint density at radius 3 is 2.65 bits per heavy atom. The van der Waals surface area contributed by atoms with E-state index in [-0.39, 0.29) is 0 Å². The fourth-order valence-corrected chi connectivity index (χ4v) is 3.75. The number of furan rings is 1.